The number of hydrogen-bond donors (Lipinski definition) is 2. The van der Waals surface area contributed by atoms with Gasteiger partial charge in [0.2, 0.25) is 0 Å². The normalized spacial score (nSPS) is 10.9. The smallest absolute Gasteiger partial charge is 0.336 e. The van der Waals surface area contributed by atoms with E-state index in [4.69, 9.17) is 9.47 Å². The van der Waals surface area contributed by atoms with Crippen molar-refractivity contribution >= 4 is 29.9 Å². The summed E-state index contributed by atoms with van der Waals surface area (Å²) in [6, 6.07) is 11.9. The first-order chi connectivity index (χ1) is 16.0. The van der Waals surface area contributed by atoms with E-state index in [0.29, 0.717) is 34.6 Å². The molecular formula is C22H23N5O5S. The maximum atomic E-state index is 12.2. The van der Waals surface area contributed by atoms with Crippen LogP contribution in [0.1, 0.15) is 22.8 Å². The van der Waals surface area contributed by atoms with Crippen LogP contribution in [-0.2, 0) is 11.3 Å². The Morgan fingerprint density at radius 3 is 2.61 bits per heavy atom. The zero-order valence-corrected chi connectivity index (χ0v) is 19.1. The molecule has 3 aromatic rings. The molecule has 0 bridgehead atoms. The molecule has 0 spiro atoms. The number of carbonyl (C=O) groups excluding carboxylic acids is 1. The molecule has 33 heavy (non-hydrogen) atoms. The number of carboxylic acids is 1. The van der Waals surface area contributed by atoms with E-state index in [0.717, 1.165) is 5.56 Å². The van der Waals surface area contributed by atoms with Crippen LogP contribution in [0.15, 0.2) is 52.7 Å². The van der Waals surface area contributed by atoms with Crippen LogP contribution in [0.2, 0.25) is 0 Å². The molecule has 1 aromatic heterocycles. The molecule has 172 valence electrons. The van der Waals surface area contributed by atoms with Crippen LogP contribution in [0.5, 0.6) is 11.5 Å². The molecule has 1 amide bonds. The number of carbonyl (C=O) groups is 2. The molecule has 0 unspecified atom stereocenters. The summed E-state index contributed by atoms with van der Waals surface area (Å²) in [4.78, 5) is 23.4. The van der Waals surface area contributed by atoms with Gasteiger partial charge in [0.25, 0.3) is 5.91 Å². The van der Waals surface area contributed by atoms with Gasteiger partial charge in [-0.3, -0.25) is 4.79 Å². The van der Waals surface area contributed by atoms with Gasteiger partial charge in [-0.25, -0.2) is 10.2 Å². The number of aromatic carboxylic acids is 1. The number of hydrazone groups is 1. The van der Waals surface area contributed by atoms with E-state index in [2.05, 4.69) is 20.7 Å². The number of methoxy groups -OCH3 is 2. The first kappa shape index (κ1) is 23.8. The summed E-state index contributed by atoms with van der Waals surface area (Å²) in [6.45, 7) is 2.56. The van der Waals surface area contributed by atoms with Crippen molar-refractivity contribution < 1.29 is 24.2 Å². The molecule has 0 radical (unpaired) electrons. The molecule has 0 aliphatic carbocycles. The number of carboxylic acid groups (broad SMARTS) is 1. The lowest BCUT2D eigenvalue weighted by Gasteiger charge is -2.10. The van der Waals surface area contributed by atoms with Crippen LogP contribution >= 0.6 is 11.8 Å². The van der Waals surface area contributed by atoms with Gasteiger partial charge in [-0.2, -0.15) is 5.10 Å². The summed E-state index contributed by atoms with van der Waals surface area (Å²) in [5.41, 5.74) is 3.70. The van der Waals surface area contributed by atoms with Crippen LogP contribution in [0.25, 0.3) is 11.4 Å². The molecule has 0 saturated carbocycles. The molecule has 0 aliphatic rings. The highest BCUT2D eigenvalue weighted by atomic mass is 32.2. The number of amides is 1. The maximum absolute atomic E-state index is 12.2. The zero-order chi connectivity index (χ0) is 23.8. The van der Waals surface area contributed by atoms with Gasteiger partial charge in [0, 0.05) is 17.7 Å². The first-order valence-corrected chi connectivity index (χ1v) is 10.9. The Morgan fingerprint density at radius 2 is 1.91 bits per heavy atom. The van der Waals surface area contributed by atoms with Crippen molar-refractivity contribution in [1.29, 1.82) is 0 Å². The minimum Gasteiger partial charge on any atom is -0.493 e. The number of benzene rings is 2. The molecular weight excluding hydrogens is 446 g/mol. The van der Waals surface area contributed by atoms with Gasteiger partial charge in [0.05, 0.1) is 31.8 Å². The Bertz CT molecular complexity index is 1180. The average molecular weight is 470 g/mol. The second kappa shape index (κ2) is 11.1. The predicted molar refractivity (Wildman–Crippen MR) is 124 cm³/mol. The number of hydrogen-bond acceptors (Lipinski definition) is 8. The monoisotopic (exact) mass is 469 g/mol. The molecule has 10 nitrogen and oxygen atoms in total. The second-order valence-electron chi connectivity index (χ2n) is 6.59. The Hall–Kier alpha value is -3.86. The largest absolute Gasteiger partial charge is 0.493 e. The molecule has 3 rings (SSSR count). The zero-order valence-electron chi connectivity index (χ0n) is 18.3. The van der Waals surface area contributed by atoms with E-state index < -0.39 is 5.97 Å². The summed E-state index contributed by atoms with van der Waals surface area (Å²) in [6.07, 6.45) is 1.30. The number of aromatic nitrogens is 3. The highest BCUT2D eigenvalue weighted by Gasteiger charge is 2.16. The van der Waals surface area contributed by atoms with Crippen molar-refractivity contribution in [2.45, 2.75) is 18.6 Å². The molecule has 0 fully saturated rings. The standard InChI is InChI=1S/C22H23N5O5S/c1-4-27-20(14-9-10-17(31-2)18(11-14)32-3)25-26-22(27)33-13-19(28)24-23-12-15-7-5-6-8-16(15)21(29)30/h5-12H,4,13H2,1-3H3,(H,24,28)(H,29,30)/b23-12+. The van der Waals surface area contributed by atoms with Gasteiger partial charge in [-0.05, 0) is 31.2 Å². The lowest BCUT2D eigenvalue weighted by molar-refractivity contribution is -0.118. The summed E-state index contributed by atoms with van der Waals surface area (Å²) >= 11 is 1.22. The SMILES string of the molecule is CCn1c(SCC(=O)N/N=C/c2ccccc2C(=O)O)nnc1-c1ccc(OC)c(OC)c1. The number of ether oxygens (including phenoxy) is 2. The van der Waals surface area contributed by atoms with Gasteiger partial charge >= 0.3 is 5.97 Å². The highest BCUT2D eigenvalue weighted by molar-refractivity contribution is 7.99. The Morgan fingerprint density at radius 1 is 1.15 bits per heavy atom. The third-order valence-corrected chi connectivity index (χ3v) is 5.56. The van der Waals surface area contributed by atoms with Gasteiger partial charge in [-0.15, -0.1) is 10.2 Å². The van der Waals surface area contributed by atoms with E-state index in [1.165, 1.54) is 24.0 Å². The Balaban J connectivity index is 1.66. The van der Waals surface area contributed by atoms with Crippen molar-refractivity contribution in [2.75, 3.05) is 20.0 Å². The van der Waals surface area contributed by atoms with Crippen molar-refractivity contribution in [1.82, 2.24) is 20.2 Å². The van der Waals surface area contributed by atoms with Crippen molar-refractivity contribution in [3.63, 3.8) is 0 Å². The van der Waals surface area contributed by atoms with Crippen molar-refractivity contribution in [3.8, 4) is 22.9 Å². The van der Waals surface area contributed by atoms with Gasteiger partial charge in [0.1, 0.15) is 0 Å². The topological polar surface area (TPSA) is 128 Å². The minimum absolute atomic E-state index is 0.0575. The number of thioether (sulfide) groups is 1. The summed E-state index contributed by atoms with van der Waals surface area (Å²) in [5.74, 6) is 0.468. The highest BCUT2D eigenvalue weighted by Crippen LogP contribution is 2.32. The van der Waals surface area contributed by atoms with E-state index >= 15 is 0 Å². The van der Waals surface area contributed by atoms with Crippen LogP contribution < -0.4 is 14.9 Å². The van der Waals surface area contributed by atoms with E-state index in [1.807, 2.05) is 23.6 Å². The maximum Gasteiger partial charge on any atom is 0.336 e. The first-order valence-electron chi connectivity index (χ1n) is 9.91. The third-order valence-electron chi connectivity index (χ3n) is 4.59. The van der Waals surface area contributed by atoms with Gasteiger partial charge in [-0.1, -0.05) is 30.0 Å². The molecule has 2 aromatic carbocycles. The molecule has 0 aliphatic heterocycles. The van der Waals surface area contributed by atoms with Crippen LogP contribution in [0.3, 0.4) is 0 Å². The lowest BCUT2D eigenvalue weighted by atomic mass is 10.1. The average Bonchev–Trinajstić information content (AvgIpc) is 3.25. The number of nitrogens with zero attached hydrogens (tertiary/aromatic N) is 4. The van der Waals surface area contributed by atoms with Crippen LogP contribution in [0, 0.1) is 0 Å². The quantitative estimate of drug-likeness (QED) is 0.264. The number of rotatable bonds is 10. The van der Waals surface area contributed by atoms with E-state index in [9.17, 15) is 14.7 Å². The Kier molecular flexibility index (Phi) is 8.03. The fraction of sp³-hybridized carbons (Fsp3) is 0.227. The summed E-state index contributed by atoms with van der Waals surface area (Å²) in [7, 11) is 3.13. The van der Waals surface area contributed by atoms with Crippen LogP contribution in [0.4, 0.5) is 0 Å². The van der Waals surface area contributed by atoms with E-state index in [1.54, 1.807) is 38.5 Å². The van der Waals surface area contributed by atoms with Gasteiger partial charge in [0.15, 0.2) is 22.5 Å². The fourth-order valence-corrected chi connectivity index (χ4v) is 3.80. The second-order valence-corrected chi connectivity index (χ2v) is 7.54. The molecule has 1 heterocycles. The third kappa shape index (κ3) is 5.69. The van der Waals surface area contributed by atoms with Gasteiger partial charge < -0.3 is 19.1 Å². The van der Waals surface area contributed by atoms with E-state index in [-0.39, 0.29) is 17.2 Å². The predicted octanol–water partition coefficient (Wildman–Crippen LogP) is 2.92. The van der Waals surface area contributed by atoms with Crippen molar-refractivity contribution in [3.05, 3.63) is 53.6 Å². The Labute approximate surface area is 194 Å². The van der Waals surface area contributed by atoms with Crippen LogP contribution in [-0.4, -0.2) is 57.9 Å². The molecule has 2 N–H and O–H groups in total. The number of nitrogens with one attached hydrogen (secondary N) is 1. The molecule has 0 atom stereocenters. The van der Waals surface area contributed by atoms with Crippen molar-refractivity contribution in [2.24, 2.45) is 5.10 Å². The summed E-state index contributed by atoms with van der Waals surface area (Å²) in [5, 5.41) is 22.1. The minimum atomic E-state index is -1.07. The summed E-state index contributed by atoms with van der Waals surface area (Å²) < 4.78 is 12.5. The fourth-order valence-electron chi connectivity index (χ4n) is 3.01. The molecule has 0 saturated heterocycles. The lowest BCUT2D eigenvalue weighted by Crippen LogP contribution is -2.20. The molecule has 11 heteroatoms.